The lowest BCUT2D eigenvalue weighted by molar-refractivity contribution is -0.135. The summed E-state index contributed by atoms with van der Waals surface area (Å²) in [5.41, 5.74) is 1.40. The maximum atomic E-state index is 14.5. The number of carbonyl (C=O) groups is 3. The zero-order valence-electron chi connectivity index (χ0n) is 24.6. The number of urea groups is 1. The van der Waals surface area contributed by atoms with Crippen LogP contribution in [0, 0.1) is 24.2 Å². The monoisotopic (exact) mass is 632 g/mol. The summed E-state index contributed by atoms with van der Waals surface area (Å²) in [6.07, 6.45) is 13.4. The summed E-state index contributed by atoms with van der Waals surface area (Å²) < 4.78 is 6.64. The van der Waals surface area contributed by atoms with Crippen LogP contribution in [0.15, 0.2) is 59.7 Å². The number of rotatable bonds is 4. The highest BCUT2D eigenvalue weighted by Crippen LogP contribution is 2.58. The van der Waals surface area contributed by atoms with Gasteiger partial charge in [-0.15, -0.1) is 6.42 Å². The SMILES string of the molecule is C#Cc1ccc(OC2CCN(C(=O)N(C)C)CC2)c([C@@H]2NC(=O)C[C@@H](C3C=CC=C(Cl)C3)[C@]23C(=O)Nc2cc(Cl)ccc23)c1. The third kappa shape index (κ3) is 5.22. The highest BCUT2D eigenvalue weighted by Gasteiger charge is 2.62. The summed E-state index contributed by atoms with van der Waals surface area (Å²) in [5, 5.41) is 7.43. The summed E-state index contributed by atoms with van der Waals surface area (Å²) in [6, 6.07) is 10.0. The van der Waals surface area contributed by atoms with Crippen LogP contribution in [0.2, 0.25) is 5.02 Å². The molecule has 228 valence electrons. The van der Waals surface area contributed by atoms with Crippen molar-refractivity contribution in [1.82, 2.24) is 15.1 Å². The van der Waals surface area contributed by atoms with Crippen LogP contribution < -0.4 is 15.4 Å². The van der Waals surface area contributed by atoms with Crippen molar-refractivity contribution >= 4 is 46.7 Å². The number of terminal acetylenes is 1. The predicted octanol–water partition coefficient (Wildman–Crippen LogP) is 5.61. The second-order valence-corrected chi connectivity index (χ2v) is 13.0. The fraction of sp³-hybridized carbons (Fsp3) is 0.382. The summed E-state index contributed by atoms with van der Waals surface area (Å²) in [7, 11) is 3.48. The van der Waals surface area contributed by atoms with Crippen LogP contribution in [0.3, 0.4) is 0 Å². The van der Waals surface area contributed by atoms with Gasteiger partial charge in [0.05, 0.1) is 6.04 Å². The van der Waals surface area contributed by atoms with E-state index >= 15 is 0 Å². The number of anilines is 1. The first kappa shape index (κ1) is 30.1. The van der Waals surface area contributed by atoms with Crippen LogP contribution >= 0.6 is 23.2 Å². The first-order chi connectivity index (χ1) is 21.1. The molecule has 1 spiro atoms. The van der Waals surface area contributed by atoms with Gasteiger partial charge in [0.15, 0.2) is 0 Å². The molecule has 3 heterocycles. The van der Waals surface area contributed by atoms with Crippen molar-refractivity contribution in [3.8, 4) is 18.1 Å². The van der Waals surface area contributed by atoms with Gasteiger partial charge in [0.25, 0.3) is 0 Å². The number of fused-ring (bicyclic) bond motifs is 2. The van der Waals surface area contributed by atoms with Gasteiger partial charge in [0.1, 0.15) is 17.3 Å². The molecule has 2 saturated heterocycles. The molecule has 2 aromatic carbocycles. The number of benzene rings is 2. The van der Waals surface area contributed by atoms with Gasteiger partial charge in [-0.25, -0.2) is 4.79 Å². The molecule has 6 rings (SSSR count). The molecule has 4 atom stereocenters. The molecule has 1 unspecified atom stereocenters. The standard InChI is InChI=1S/C34H34Cl2N4O4/c1-4-20-8-11-29(44-24-12-14-40(15-13-24)33(43)39(2)3)25(16-20)31-34(26-10-9-23(36)18-28(26)37-32(34)42)27(19-30(41)38-31)21-6-5-7-22(35)17-21/h1,5-11,16,18,21,24,27,31H,12-15,17,19H2,2-3H3,(H,37,42)(H,38,41)/t21?,27-,31-,34-/m0/s1. The van der Waals surface area contributed by atoms with Crippen molar-refractivity contribution in [2.24, 2.45) is 11.8 Å². The number of amides is 4. The molecule has 2 fully saturated rings. The third-order valence-corrected chi connectivity index (χ3v) is 9.78. The molecule has 1 aliphatic carbocycles. The first-order valence-electron chi connectivity index (χ1n) is 14.8. The number of hydrogen-bond donors (Lipinski definition) is 2. The summed E-state index contributed by atoms with van der Waals surface area (Å²) in [6.45, 7) is 1.12. The first-order valence-corrected chi connectivity index (χ1v) is 15.5. The lowest BCUT2D eigenvalue weighted by Crippen LogP contribution is -2.59. The Morgan fingerprint density at radius 3 is 2.59 bits per heavy atom. The predicted molar refractivity (Wildman–Crippen MR) is 171 cm³/mol. The molecule has 10 heteroatoms. The van der Waals surface area contributed by atoms with Crippen molar-refractivity contribution in [2.45, 2.75) is 43.2 Å². The normalized spacial score (nSPS) is 26.4. The van der Waals surface area contributed by atoms with Crippen molar-refractivity contribution in [3.63, 3.8) is 0 Å². The second kappa shape index (κ2) is 11.9. The Morgan fingerprint density at radius 1 is 1.11 bits per heavy atom. The number of nitrogens with zero attached hydrogens (tertiary/aromatic N) is 2. The van der Waals surface area contributed by atoms with Gasteiger partial charge in [-0.3, -0.25) is 9.59 Å². The number of ether oxygens (including phenoxy) is 1. The smallest absolute Gasteiger partial charge is 0.319 e. The molecule has 0 aromatic heterocycles. The number of nitrogens with one attached hydrogen (secondary N) is 2. The number of allylic oxidation sites excluding steroid dienone is 4. The molecule has 44 heavy (non-hydrogen) atoms. The second-order valence-electron chi connectivity index (χ2n) is 12.1. The largest absolute Gasteiger partial charge is 0.490 e. The molecule has 2 N–H and O–H groups in total. The zero-order chi connectivity index (χ0) is 31.2. The van der Waals surface area contributed by atoms with Gasteiger partial charge < -0.3 is 25.2 Å². The molecule has 4 aliphatic rings. The van der Waals surface area contributed by atoms with Gasteiger partial charge in [0, 0.05) is 73.3 Å². The maximum Gasteiger partial charge on any atom is 0.319 e. The van der Waals surface area contributed by atoms with E-state index in [0.717, 1.165) is 5.56 Å². The van der Waals surface area contributed by atoms with Crippen molar-refractivity contribution in [1.29, 1.82) is 0 Å². The van der Waals surface area contributed by atoms with Crippen LogP contribution in [-0.4, -0.2) is 60.9 Å². The van der Waals surface area contributed by atoms with Gasteiger partial charge >= 0.3 is 6.03 Å². The Bertz CT molecular complexity index is 1620. The van der Waals surface area contributed by atoms with E-state index in [-0.39, 0.29) is 36.3 Å². The van der Waals surface area contributed by atoms with Crippen molar-refractivity contribution in [2.75, 3.05) is 32.5 Å². The van der Waals surface area contributed by atoms with Crippen LogP contribution in [0.4, 0.5) is 10.5 Å². The minimum Gasteiger partial charge on any atom is -0.490 e. The lowest BCUT2D eigenvalue weighted by Gasteiger charge is -2.49. The van der Waals surface area contributed by atoms with Gasteiger partial charge in [-0.2, -0.15) is 0 Å². The van der Waals surface area contributed by atoms with Crippen molar-refractivity contribution in [3.05, 3.63) is 81.4 Å². The molecule has 2 aromatic rings. The van der Waals surface area contributed by atoms with E-state index in [1.165, 1.54) is 0 Å². The summed E-state index contributed by atoms with van der Waals surface area (Å²) in [5.74, 6) is 2.25. The average molecular weight is 634 g/mol. The van der Waals surface area contributed by atoms with Crippen LogP contribution in [0.1, 0.15) is 48.4 Å². The average Bonchev–Trinajstić information content (AvgIpc) is 3.29. The minimum atomic E-state index is -1.20. The Balaban J connectivity index is 1.45. The lowest BCUT2D eigenvalue weighted by atomic mass is 9.57. The molecule has 8 nitrogen and oxygen atoms in total. The van der Waals surface area contributed by atoms with E-state index in [0.29, 0.717) is 65.0 Å². The van der Waals surface area contributed by atoms with Crippen LogP contribution in [0.5, 0.6) is 5.75 Å². The minimum absolute atomic E-state index is 0.0295. The number of hydrogen-bond acceptors (Lipinski definition) is 4. The van der Waals surface area contributed by atoms with E-state index in [2.05, 4.69) is 16.6 Å². The van der Waals surface area contributed by atoms with Crippen LogP contribution in [0.25, 0.3) is 0 Å². The molecule has 0 bridgehead atoms. The number of likely N-dealkylation sites (tertiary alicyclic amines) is 1. The Hall–Kier alpha value is -3.93. The van der Waals surface area contributed by atoms with Gasteiger partial charge in [-0.05, 0) is 60.2 Å². The molecule has 0 saturated carbocycles. The number of carbonyl (C=O) groups excluding carboxylic acids is 3. The van der Waals surface area contributed by atoms with Crippen LogP contribution in [-0.2, 0) is 15.0 Å². The number of halogens is 2. The Labute approximate surface area is 267 Å². The number of piperidine rings is 2. The van der Waals surface area contributed by atoms with E-state index in [1.54, 1.807) is 37.2 Å². The van der Waals surface area contributed by atoms with Gasteiger partial charge in [0.2, 0.25) is 11.8 Å². The molecule has 4 amide bonds. The highest BCUT2D eigenvalue weighted by atomic mass is 35.5. The highest BCUT2D eigenvalue weighted by molar-refractivity contribution is 6.31. The third-order valence-electron chi connectivity index (χ3n) is 9.26. The molecule has 0 radical (unpaired) electrons. The molecular weight excluding hydrogens is 599 g/mol. The van der Waals surface area contributed by atoms with E-state index < -0.39 is 17.4 Å². The quantitative estimate of drug-likeness (QED) is 0.429. The summed E-state index contributed by atoms with van der Waals surface area (Å²) in [4.78, 5) is 43.9. The van der Waals surface area contributed by atoms with E-state index in [1.807, 2.05) is 41.3 Å². The Kier molecular flexibility index (Phi) is 8.12. The zero-order valence-corrected chi connectivity index (χ0v) is 26.1. The maximum absolute atomic E-state index is 14.5. The van der Waals surface area contributed by atoms with Crippen molar-refractivity contribution < 1.29 is 19.1 Å². The van der Waals surface area contributed by atoms with E-state index in [4.69, 9.17) is 34.4 Å². The Morgan fingerprint density at radius 2 is 1.89 bits per heavy atom. The van der Waals surface area contributed by atoms with E-state index in [9.17, 15) is 14.4 Å². The molecule has 3 aliphatic heterocycles. The van der Waals surface area contributed by atoms with Gasteiger partial charge in [-0.1, -0.05) is 47.3 Å². The fourth-order valence-electron chi connectivity index (χ4n) is 7.24. The fourth-order valence-corrected chi connectivity index (χ4v) is 7.67. The molecular formula is C34H34Cl2N4O4. The summed E-state index contributed by atoms with van der Waals surface area (Å²) >= 11 is 12.9. The topological polar surface area (TPSA) is 91.0 Å².